The number of fused-ring (bicyclic) bond motifs is 1. The summed E-state index contributed by atoms with van der Waals surface area (Å²) in [6.07, 6.45) is 5.11. The van der Waals surface area contributed by atoms with Crippen LogP contribution in [0.1, 0.15) is 29.7 Å². The van der Waals surface area contributed by atoms with Gasteiger partial charge in [-0.2, -0.15) is 0 Å². The Morgan fingerprint density at radius 2 is 2.08 bits per heavy atom. The van der Waals surface area contributed by atoms with E-state index in [-0.39, 0.29) is 0 Å². The van der Waals surface area contributed by atoms with Crippen molar-refractivity contribution in [1.82, 2.24) is 4.98 Å². The summed E-state index contributed by atoms with van der Waals surface area (Å²) in [4.78, 5) is 4.49. The molecule has 0 bridgehead atoms. The Hall–Kier alpha value is -1.05. The maximum atomic E-state index is 4.49. The first-order valence-electron chi connectivity index (χ1n) is 4.98. The van der Waals surface area contributed by atoms with Gasteiger partial charge < -0.3 is 5.32 Å². The number of nitrogens with zero attached hydrogens (tertiary/aromatic N) is 1. The molecule has 0 aromatic carbocycles. The van der Waals surface area contributed by atoms with E-state index in [0.29, 0.717) is 0 Å². The molecule has 0 saturated heterocycles. The highest BCUT2D eigenvalue weighted by Gasteiger charge is 2.12. The molecule has 0 aliphatic heterocycles. The fourth-order valence-electron chi connectivity index (χ4n) is 2.07. The van der Waals surface area contributed by atoms with Crippen molar-refractivity contribution < 1.29 is 0 Å². The van der Waals surface area contributed by atoms with E-state index in [4.69, 9.17) is 0 Å². The third kappa shape index (κ3) is 1.53. The molecule has 2 nitrogen and oxygen atoms in total. The first kappa shape index (κ1) is 8.54. The van der Waals surface area contributed by atoms with Gasteiger partial charge in [-0.25, -0.2) is 4.98 Å². The van der Waals surface area contributed by atoms with Crippen molar-refractivity contribution in [1.29, 1.82) is 0 Å². The van der Waals surface area contributed by atoms with Gasteiger partial charge >= 0.3 is 0 Å². The molecule has 2 heteroatoms. The van der Waals surface area contributed by atoms with Crippen LogP contribution in [-0.2, 0) is 12.8 Å². The molecule has 1 aromatic rings. The van der Waals surface area contributed by atoms with E-state index in [1.807, 2.05) is 7.05 Å². The molecule has 0 amide bonds. The van der Waals surface area contributed by atoms with Crippen LogP contribution in [0.15, 0.2) is 6.07 Å². The highest BCUT2D eigenvalue weighted by Crippen LogP contribution is 2.25. The lowest BCUT2D eigenvalue weighted by Crippen LogP contribution is -2.08. The zero-order valence-corrected chi connectivity index (χ0v) is 8.35. The van der Waals surface area contributed by atoms with Gasteiger partial charge in [-0.15, -0.1) is 0 Å². The van der Waals surface area contributed by atoms with Crippen LogP contribution in [0, 0.1) is 6.92 Å². The molecule has 1 aromatic heterocycles. The standard InChI is InChI=1S/C11H16N2/c1-8-10-6-4-3-5-9(10)7-11(12-2)13-8/h7H,3-6H2,1-2H3,(H,12,13). The van der Waals surface area contributed by atoms with Crippen LogP contribution in [0.4, 0.5) is 5.82 Å². The lowest BCUT2D eigenvalue weighted by molar-refractivity contribution is 0.677. The summed E-state index contributed by atoms with van der Waals surface area (Å²) >= 11 is 0. The Balaban J connectivity index is 2.47. The van der Waals surface area contributed by atoms with Crippen molar-refractivity contribution in [2.24, 2.45) is 0 Å². The highest BCUT2D eigenvalue weighted by molar-refractivity contribution is 5.44. The third-order valence-electron chi connectivity index (χ3n) is 2.80. The molecular weight excluding hydrogens is 160 g/mol. The van der Waals surface area contributed by atoms with Crippen molar-refractivity contribution in [2.75, 3.05) is 12.4 Å². The lowest BCUT2D eigenvalue weighted by Gasteiger charge is -2.18. The van der Waals surface area contributed by atoms with Crippen LogP contribution >= 0.6 is 0 Å². The molecule has 0 saturated carbocycles. The van der Waals surface area contributed by atoms with E-state index >= 15 is 0 Å². The van der Waals surface area contributed by atoms with Gasteiger partial charge in [0.2, 0.25) is 0 Å². The van der Waals surface area contributed by atoms with Crippen LogP contribution in [0.5, 0.6) is 0 Å². The first-order chi connectivity index (χ1) is 6.31. The Kier molecular flexibility index (Phi) is 2.21. The largest absolute Gasteiger partial charge is 0.373 e. The van der Waals surface area contributed by atoms with Crippen molar-refractivity contribution in [3.8, 4) is 0 Å². The first-order valence-corrected chi connectivity index (χ1v) is 4.98. The molecule has 1 heterocycles. The second kappa shape index (κ2) is 3.36. The molecule has 0 fully saturated rings. The van der Waals surface area contributed by atoms with E-state index in [0.717, 1.165) is 5.82 Å². The normalized spacial score (nSPS) is 15.2. The van der Waals surface area contributed by atoms with Gasteiger partial charge in [-0.05, 0) is 49.8 Å². The summed E-state index contributed by atoms with van der Waals surface area (Å²) in [5.74, 6) is 1.01. The minimum absolute atomic E-state index is 1.01. The molecule has 1 aliphatic rings. The minimum Gasteiger partial charge on any atom is -0.373 e. The predicted octanol–water partition coefficient (Wildman–Crippen LogP) is 2.31. The second-order valence-corrected chi connectivity index (χ2v) is 3.69. The van der Waals surface area contributed by atoms with Gasteiger partial charge in [0, 0.05) is 12.7 Å². The van der Waals surface area contributed by atoms with E-state index in [9.17, 15) is 0 Å². The van der Waals surface area contributed by atoms with E-state index in [2.05, 4.69) is 23.3 Å². The summed E-state index contributed by atoms with van der Waals surface area (Å²) in [6, 6.07) is 2.20. The topological polar surface area (TPSA) is 24.9 Å². The smallest absolute Gasteiger partial charge is 0.126 e. The number of hydrogen-bond acceptors (Lipinski definition) is 2. The average molecular weight is 176 g/mol. The number of pyridine rings is 1. The number of aryl methyl sites for hydroxylation is 2. The highest BCUT2D eigenvalue weighted by atomic mass is 15.0. The summed E-state index contributed by atoms with van der Waals surface area (Å²) < 4.78 is 0. The van der Waals surface area contributed by atoms with Crippen LogP contribution in [0.3, 0.4) is 0 Å². The molecule has 13 heavy (non-hydrogen) atoms. The fourth-order valence-corrected chi connectivity index (χ4v) is 2.07. The lowest BCUT2D eigenvalue weighted by atomic mass is 9.91. The molecule has 0 spiro atoms. The average Bonchev–Trinajstić information content (AvgIpc) is 2.18. The summed E-state index contributed by atoms with van der Waals surface area (Å²) in [5.41, 5.74) is 4.20. The molecule has 1 aliphatic carbocycles. The van der Waals surface area contributed by atoms with Crippen LogP contribution in [0.25, 0.3) is 0 Å². The zero-order chi connectivity index (χ0) is 9.26. The number of rotatable bonds is 1. The van der Waals surface area contributed by atoms with Crippen molar-refractivity contribution in [2.45, 2.75) is 32.6 Å². The van der Waals surface area contributed by atoms with Crippen molar-refractivity contribution in [3.05, 3.63) is 22.9 Å². The van der Waals surface area contributed by atoms with Gasteiger partial charge in [0.05, 0.1) is 0 Å². The summed E-state index contributed by atoms with van der Waals surface area (Å²) in [6.45, 7) is 2.12. The van der Waals surface area contributed by atoms with E-state index in [1.54, 1.807) is 0 Å². The molecule has 0 radical (unpaired) electrons. The van der Waals surface area contributed by atoms with Gasteiger partial charge in [-0.3, -0.25) is 0 Å². The number of hydrogen-bond donors (Lipinski definition) is 1. The molecule has 70 valence electrons. The van der Waals surface area contributed by atoms with Crippen LogP contribution in [0.2, 0.25) is 0 Å². The maximum absolute atomic E-state index is 4.49. The maximum Gasteiger partial charge on any atom is 0.126 e. The van der Waals surface area contributed by atoms with Gasteiger partial charge in [0.25, 0.3) is 0 Å². The zero-order valence-electron chi connectivity index (χ0n) is 8.35. The quantitative estimate of drug-likeness (QED) is 0.710. The fraction of sp³-hybridized carbons (Fsp3) is 0.545. The predicted molar refractivity (Wildman–Crippen MR) is 55.2 cm³/mol. The number of nitrogens with one attached hydrogen (secondary N) is 1. The van der Waals surface area contributed by atoms with Gasteiger partial charge in [-0.1, -0.05) is 0 Å². The molecular formula is C11H16N2. The monoisotopic (exact) mass is 176 g/mol. The van der Waals surface area contributed by atoms with E-state index < -0.39 is 0 Å². The molecule has 2 rings (SSSR count). The minimum atomic E-state index is 1.01. The SMILES string of the molecule is CNc1cc2c(c(C)n1)CCCC2. The number of anilines is 1. The Labute approximate surface area is 79.4 Å². The van der Waals surface area contributed by atoms with Gasteiger partial charge in [0.1, 0.15) is 5.82 Å². The Bertz CT molecular complexity index is 318. The summed E-state index contributed by atoms with van der Waals surface area (Å²) in [7, 11) is 1.93. The number of aromatic nitrogens is 1. The summed E-state index contributed by atoms with van der Waals surface area (Å²) in [5, 5.41) is 3.11. The van der Waals surface area contributed by atoms with Gasteiger partial charge in [0.15, 0.2) is 0 Å². The molecule has 0 unspecified atom stereocenters. The van der Waals surface area contributed by atoms with E-state index in [1.165, 1.54) is 42.5 Å². The Morgan fingerprint density at radius 3 is 2.85 bits per heavy atom. The third-order valence-corrected chi connectivity index (χ3v) is 2.80. The second-order valence-electron chi connectivity index (χ2n) is 3.69. The molecule has 0 atom stereocenters. The Morgan fingerprint density at radius 1 is 1.31 bits per heavy atom. The molecule has 1 N–H and O–H groups in total. The van der Waals surface area contributed by atoms with Crippen molar-refractivity contribution >= 4 is 5.82 Å². The van der Waals surface area contributed by atoms with Crippen LogP contribution < -0.4 is 5.32 Å². The van der Waals surface area contributed by atoms with Crippen molar-refractivity contribution in [3.63, 3.8) is 0 Å². The van der Waals surface area contributed by atoms with Crippen LogP contribution in [-0.4, -0.2) is 12.0 Å².